The fourth-order valence-corrected chi connectivity index (χ4v) is 1.27. The van der Waals surface area contributed by atoms with Crippen molar-refractivity contribution in [1.82, 2.24) is 10.1 Å². The number of hydrogen-bond donors (Lipinski definition) is 1. The molecule has 0 atom stereocenters. The van der Waals surface area contributed by atoms with Crippen molar-refractivity contribution in [2.45, 2.75) is 6.92 Å². The summed E-state index contributed by atoms with van der Waals surface area (Å²) in [5.41, 5.74) is 7.21. The summed E-state index contributed by atoms with van der Waals surface area (Å²) in [6.45, 7) is 1.83. The fourth-order valence-electron chi connectivity index (χ4n) is 1.27. The summed E-state index contributed by atoms with van der Waals surface area (Å²) in [6.07, 6.45) is 0. The molecule has 1 aromatic heterocycles. The zero-order valence-corrected chi connectivity index (χ0v) is 7.06. The van der Waals surface area contributed by atoms with Crippen molar-refractivity contribution in [1.29, 1.82) is 0 Å². The first-order valence-corrected chi connectivity index (χ1v) is 3.81. The van der Waals surface area contributed by atoms with Gasteiger partial charge in [-0.1, -0.05) is 12.1 Å². The predicted molar refractivity (Wildman–Crippen MR) is 47.6 cm³/mol. The van der Waals surface area contributed by atoms with Crippen LogP contribution in [0.3, 0.4) is 0 Å². The Morgan fingerprint density at radius 2 is 2.23 bits per heavy atom. The van der Waals surface area contributed by atoms with Crippen LogP contribution in [0.25, 0.3) is 11.0 Å². The number of para-hydroxylation sites is 1. The second-order valence-corrected chi connectivity index (χ2v) is 2.79. The van der Waals surface area contributed by atoms with Crippen molar-refractivity contribution < 1.29 is 4.85 Å². The third-order valence-electron chi connectivity index (χ3n) is 1.84. The van der Waals surface area contributed by atoms with Crippen LogP contribution >= 0.6 is 0 Å². The summed E-state index contributed by atoms with van der Waals surface area (Å²) < 4.78 is 0. The fraction of sp³-hybridized carbons (Fsp3) is 0.125. The van der Waals surface area contributed by atoms with Crippen LogP contribution < -0.4 is 10.6 Å². The molecule has 2 N–H and O–H groups in total. The van der Waals surface area contributed by atoms with E-state index in [2.05, 4.69) is 10.1 Å². The van der Waals surface area contributed by atoms with Gasteiger partial charge in [-0.2, -0.15) is 0 Å². The van der Waals surface area contributed by atoms with Crippen LogP contribution in [0.5, 0.6) is 0 Å². The molecule has 5 heteroatoms. The van der Waals surface area contributed by atoms with Gasteiger partial charge < -0.3 is 10.9 Å². The zero-order chi connectivity index (χ0) is 9.42. The molecule has 1 heterocycles. The Balaban J connectivity index is 2.94. The topological polar surface area (TPSA) is 78.7 Å². The quantitative estimate of drug-likeness (QED) is 0.458. The van der Waals surface area contributed by atoms with Crippen LogP contribution in [-0.4, -0.2) is 10.1 Å². The molecule has 2 aromatic rings. The summed E-state index contributed by atoms with van der Waals surface area (Å²) in [6, 6.07) is 5.38. The normalized spacial score (nSPS) is 10.5. The van der Waals surface area contributed by atoms with Gasteiger partial charge in [0.15, 0.2) is 0 Å². The van der Waals surface area contributed by atoms with Gasteiger partial charge >= 0.3 is 0 Å². The van der Waals surface area contributed by atoms with Crippen LogP contribution in [0.4, 0.5) is 5.95 Å². The van der Waals surface area contributed by atoms with E-state index >= 15 is 0 Å². The molecule has 0 aliphatic rings. The van der Waals surface area contributed by atoms with E-state index in [1.165, 1.54) is 0 Å². The maximum atomic E-state index is 11.3. The lowest BCUT2D eigenvalue weighted by atomic mass is 10.2. The minimum atomic E-state index is -0.00639. The largest absolute Gasteiger partial charge is 0.594 e. The van der Waals surface area contributed by atoms with Crippen LogP contribution in [0.2, 0.25) is 0 Å². The molecule has 0 bridgehead atoms. The van der Waals surface area contributed by atoms with E-state index in [-0.39, 0.29) is 5.95 Å². The SMILES string of the molecule is Cc1cccc2nc(N)n[n+]([O-])c12. The molecule has 0 saturated heterocycles. The molecule has 1 aromatic carbocycles. The molecule has 0 saturated carbocycles. The number of rotatable bonds is 0. The second-order valence-electron chi connectivity index (χ2n) is 2.79. The van der Waals surface area contributed by atoms with Crippen molar-refractivity contribution in [3.05, 3.63) is 29.0 Å². The lowest BCUT2D eigenvalue weighted by Gasteiger charge is -2.00. The Bertz CT molecular complexity index is 469. The van der Waals surface area contributed by atoms with Crippen LogP contribution in [-0.2, 0) is 0 Å². The highest BCUT2D eigenvalue weighted by molar-refractivity contribution is 5.74. The highest BCUT2D eigenvalue weighted by Crippen LogP contribution is 2.11. The van der Waals surface area contributed by atoms with E-state index in [1.807, 2.05) is 19.1 Å². The first-order chi connectivity index (χ1) is 6.18. The molecule has 2 rings (SSSR count). The van der Waals surface area contributed by atoms with Crippen molar-refractivity contribution in [3.8, 4) is 0 Å². The predicted octanol–water partition coefficient (Wildman–Crippen LogP) is 0.154. The van der Waals surface area contributed by atoms with Gasteiger partial charge in [0.2, 0.25) is 0 Å². The summed E-state index contributed by atoms with van der Waals surface area (Å²) in [5, 5.41) is 14.8. The Morgan fingerprint density at radius 1 is 1.46 bits per heavy atom. The Hall–Kier alpha value is -1.91. The second kappa shape index (κ2) is 2.55. The molecule has 13 heavy (non-hydrogen) atoms. The summed E-state index contributed by atoms with van der Waals surface area (Å²) >= 11 is 0. The Kier molecular flexibility index (Phi) is 1.51. The van der Waals surface area contributed by atoms with E-state index in [0.29, 0.717) is 15.9 Å². The lowest BCUT2D eigenvalue weighted by molar-refractivity contribution is -0.641. The summed E-state index contributed by atoms with van der Waals surface area (Å²) in [5.74, 6) is -0.00639. The van der Waals surface area contributed by atoms with Gasteiger partial charge in [-0.05, 0) is 17.8 Å². The third kappa shape index (κ3) is 1.14. The first kappa shape index (κ1) is 7.72. The van der Waals surface area contributed by atoms with Gasteiger partial charge in [0.25, 0.3) is 11.5 Å². The average Bonchev–Trinajstić information content (AvgIpc) is 2.02. The van der Waals surface area contributed by atoms with Crippen LogP contribution in [0.15, 0.2) is 18.2 Å². The minimum Gasteiger partial charge on any atom is -0.594 e. The maximum Gasteiger partial charge on any atom is 0.288 e. The van der Waals surface area contributed by atoms with Crippen molar-refractivity contribution in [3.63, 3.8) is 0 Å². The molecule has 66 valence electrons. The molecule has 0 aliphatic heterocycles. The summed E-state index contributed by atoms with van der Waals surface area (Å²) in [7, 11) is 0. The molecule has 0 amide bonds. The lowest BCUT2D eigenvalue weighted by Crippen LogP contribution is -2.34. The van der Waals surface area contributed by atoms with E-state index in [1.54, 1.807) is 6.07 Å². The Morgan fingerprint density at radius 3 is 3.00 bits per heavy atom. The number of fused-ring (bicyclic) bond motifs is 1. The number of nitrogen functional groups attached to an aromatic ring is 1. The van der Waals surface area contributed by atoms with Gasteiger partial charge in [-0.3, -0.25) is 0 Å². The molecular weight excluding hydrogens is 168 g/mol. The minimum absolute atomic E-state index is 0.00639. The number of hydrogen-bond acceptors (Lipinski definition) is 4. The van der Waals surface area contributed by atoms with Crippen LogP contribution in [0, 0.1) is 12.1 Å². The number of aromatic nitrogens is 3. The third-order valence-corrected chi connectivity index (χ3v) is 1.84. The van der Waals surface area contributed by atoms with Gasteiger partial charge in [-0.15, -0.1) is 0 Å². The zero-order valence-electron chi connectivity index (χ0n) is 7.06. The number of nitrogens with two attached hydrogens (primary N) is 1. The van der Waals surface area contributed by atoms with E-state index in [9.17, 15) is 5.21 Å². The van der Waals surface area contributed by atoms with E-state index in [0.717, 1.165) is 5.56 Å². The molecule has 0 spiro atoms. The Labute approximate surface area is 74.4 Å². The van der Waals surface area contributed by atoms with Gasteiger partial charge in [0, 0.05) is 5.56 Å². The number of benzene rings is 1. The van der Waals surface area contributed by atoms with Crippen molar-refractivity contribution >= 4 is 17.0 Å². The number of nitrogens with zero attached hydrogens (tertiary/aromatic N) is 3. The van der Waals surface area contributed by atoms with E-state index < -0.39 is 0 Å². The van der Waals surface area contributed by atoms with Crippen LogP contribution in [0.1, 0.15) is 5.56 Å². The number of anilines is 1. The average molecular weight is 176 g/mol. The van der Waals surface area contributed by atoms with E-state index in [4.69, 9.17) is 5.73 Å². The molecule has 0 fully saturated rings. The molecule has 0 radical (unpaired) electrons. The highest BCUT2D eigenvalue weighted by atomic mass is 16.5. The van der Waals surface area contributed by atoms with Crippen molar-refractivity contribution in [2.24, 2.45) is 0 Å². The van der Waals surface area contributed by atoms with Gasteiger partial charge in [0.05, 0.1) is 5.10 Å². The van der Waals surface area contributed by atoms with Gasteiger partial charge in [-0.25, -0.2) is 4.98 Å². The molecule has 0 unspecified atom stereocenters. The monoisotopic (exact) mass is 176 g/mol. The first-order valence-electron chi connectivity index (χ1n) is 3.81. The summed E-state index contributed by atoms with van der Waals surface area (Å²) in [4.78, 5) is 4.45. The molecule has 5 nitrogen and oxygen atoms in total. The molecule has 0 aliphatic carbocycles. The highest BCUT2D eigenvalue weighted by Gasteiger charge is 2.10. The van der Waals surface area contributed by atoms with Crippen molar-refractivity contribution in [2.75, 3.05) is 5.73 Å². The number of aryl methyl sites for hydroxylation is 1. The maximum absolute atomic E-state index is 11.3. The molecular formula is C8H8N4O. The smallest absolute Gasteiger partial charge is 0.288 e. The van der Waals surface area contributed by atoms with Gasteiger partial charge in [0.1, 0.15) is 5.52 Å². The standard InChI is InChI=1S/C8H8N4O/c1-5-3-2-4-6-7(5)12(13)11-8(9)10-6/h2-4H,1H3,(H2,9,10,11).